The molecule has 1 N–H and O–H groups in total. The molecule has 1 aromatic carbocycles. The van der Waals surface area contributed by atoms with Gasteiger partial charge in [0, 0.05) is 11.0 Å². The van der Waals surface area contributed by atoms with Crippen molar-refractivity contribution in [2.75, 3.05) is 5.75 Å². The van der Waals surface area contributed by atoms with E-state index in [4.69, 9.17) is 6.42 Å². The van der Waals surface area contributed by atoms with Gasteiger partial charge < -0.3 is 0 Å². The van der Waals surface area contributed by atoms with E-state index in [0.717, 1.165) is 5.56 Å². The van der Waals surface area contributed by atoms with E-state index >= 15 is 0 Å². The first-order valence-electron chi connectivity index (χ1n) is 5.85. The van der Waals surface area contributed by atoms with Crippen LogP contribution in [-0.4, -0.2) is 20.2 Å². The third kappa shape index (κ3) is 3.77. The van der Waals surface area contributed by atoms with E-state index in [1.807, 2.05) is 24.3 Å². The van der Waals surface area contributed by atoms with E-state index in [1.165, 1.54) is 6.07 Å². The maximum atomic E-state index is 11.8. The van der Waals surface area contributed by atoms with Gasteiger partial charge in [0.25, 0.3) is 5.56 Å². The summed E-state index contributed by atoms with van der Waals surface area (Å²) >= 11 is 0. The molecule has 20 heavy (non-hydrogen) atoms. The lowest BCUT2D eigenvalue weighted by Gasteiger charge is -2.00. The van der Waals surface area contributed by atoms with Crippen LogP contribution in [0.15, 0.2) is 46.1 Å². The summed E-state index contributed by atoms with van der Waals surface area (Å²) in [5.41, 5.74) is 1.29. The molecular weight excluding hydrogens is 272 g/mol. The average Bonchev–Trinajstić information content (AvgIpc) is 2.47. The lowest BCUT2D eigenvalue weighted by atomic mass is 10.2. The molecule has 1 unspecified atom stereocenters. The average molecular weight is 284 g/mol. The topological polar surface area (TPSA) is 62.8 Å². The number of nitrogens with zero attached hydrogens (tertiary/aromatic N) is 1. The second-order valence-electron chi connectivity index (χ2n) is 3.95. The standard InChI is InChI=1S/C15H12N2O2S/c1-2-10-20(19)14-5-3-4-12(11-14)6-7-13-8-9-15(18)17-16-13/h1,3-9,11H,10H2,(H,17,18). The van der Waals surface area contributed by atoms with E-state index < -0.39 is 10.8 Å². The van der Waals surface area contributed by atoms with Gasteiger partial charge in [0.05, 0.1) is 22.2 Å². The normalized spacial score (nSPS) is 12.2. The number of hydrogen-bond acceptors (Lipinski definition) is 3. The third-order valence-electron chi connectivity index (χ3n) is 2.48. The molecule has 0 saturated carbocycles. The Morgan fingerprint density at radius 2 is 2.15 bits per heavy atom. The first-order chi connectivity index (χ1) is 9.69. The van der Waals surface area contributed by atoms with Crippen LogP contribution in [0, 0.1) is 12.3 Å². The lowest BCUT2D eigenvalue weighted by Crippen LogP contribution is -2.05. The van der Waals surface area contributed by atoms with Crippen LogP contribution in [0.3, 0.4) is 0 Å². The number of benzene rings is 1. The zero-order chi connectivity index (χ0) is 14.4. The number of aromatic nitrogens is 2. The number of H-pyrrole nitrogens is 1. The summed E-state index contributed by atoms with van der Waals surface area (Å²) in [6.07, 6.45) is 8.75. The van der Waals surface area contributed by atoms with Crippen molar-refractivity contribution in [3.63, 3.8) is 0 Å². The van der Waals surface area contributed by atoms with Crippen molar-refractivity contribution in [2.45, 2.75) is 4.90 Å². The van der Waals surface area contributed by atoms with Crippen molar-refractivity contribution >= 4 is 23.0 Å². The molecule has 0 radical (unpaired) electrons. The molecule has 1 atom stereocenters. The maximum Gasteiger partial charge on any atom is 0.264 e. The molecule has 0 bridgehead atoms. The van der Waals surface area contributed by atoms with Crippen molar-refractivity contribution < 1.29 is 4.21 Å². The van der Waals surface area contributed by atoms with E-state index in [2.05, 4.69) is 16.1 Å². The first-order valence-corrected chi connectivity index (χ1v) is 7.16. The van der Waals surface area contributed by atoms with Gasteiger partial charge >= 0.3 is 0 Å². The molecule has 0 aliphatic rings. The van der Waals surface area contributed by atoms with Crippen LogP contribution in [0.4, 0.5) is 0 Å². The van der Waals surface area contributed by atoms with Gasteiger partial charge in [-0.2, -0.15) is 5.10 Å². The Morgan fingerprint density at radius 1 is 1.30 bits per heavy atom. The fourth-order valence-electron chi connectivity index (χ4n) is 1.55. The zero-order valence-electron chi connectivity index (χ0n) is 10.6. The molecule has 5 heteroatoms. The highest BCUT2D eigenvalue weighted by atomic mass is 32.2. The summed E-state index contributed by atoms with van der Waals surface area (Å²) in [6.45, 7) is 0. The van der Waals surface area contributed by atoms with Crippen LogP contribution in [-0.2, 0) is 10.8 Å². The van der Waals surface area contributed by atoms with Gasteiger partial charge in [-0.05, 0) is 29.8 Å². The fourth-order valence-corrected chi connectivity index (χ4v) is 2.36. The molecule has 1 heterocycles. The number of rotatable bonds is 4. The summed E-state index contributed by atoms with van der Waals surface area (Å²) < 4.78 is 11.8. The minimum Gasteiger partial charge on any atom is -0.268 e. The second-order valence-corrected chi connectivity index (χ2v) is 5.40. The minimum absolute atomic E-state index is 0.203. The fraction of sp³-hybridized carbons (Fsp3) is 0.0667. The van der Waals surface area contributed by atoms with Crippen LogP contribution in [0.5, 0.6) is 0 Å². The van der Waals surface area contributed by atoms with Crippen molar-refractivity contribution in [3.8, 4) is 12.3 Å². The van der Waals surface area contributed by atoms with E-state index in [-0.39, 0.29) is 11.3 Å². The van der Waals surface area contributed by atoms with Crippen molar-refractivity contribution in [3.05, 3.63) is 58.0 Å². The number of aromatic amines is 1. The highest BCUT2D eigenvalue weighted by molar-refractivity contribution is 7.85. The molecule has 0 fully saturated rings. The van der Waals surface area contributed by atoms with E-state index in [1.54, 1.807) is 18.2 Å². The first kappa shape index (κ1) is 14.0. The maximum absolute atomic E-state index is 11.8. The Bertz CT molecular complexity index is 736. The molecule has 0 aliphatic heterocycles. The summed E-state index contributed by atoms with van der Waals surface area (Å²) in [5, 5.41) is 6.22. The van der Waals surface area contributed by atoms with Gasteiger partial charge in [-0.1, -0.05) is 24.1 Å². The van der Waals surface area contributed by atoms with Gasteiger partial charge in [-0.3, -0.25) is 9.00 Å². The largest absolute Gasteiger partial charge is 0.268 e. The Labute approximate surface area is 119 Å². The second kappa shape index (κ2) is 6.64. The molecule has 0 amide bonds. The molecule has 0 saturated heterocycles. The van der Waals surface area contributed by atoms with E-state index in [0.29, 0.717) is 10.6 Å². The van der Waals surface area contributed by atoms with Crippen LogP contribution in [0.2, 0.25) is 0 Å². The molecule has 2 aromatic rings. The third-order valence-corrected chi connectivity index (χ3v) is 3.69. The summed E-state index contributed by atoms with van der Waals surface area (Å²) in [6, 6.07) is 10.3. The molecule has 0 spiro atoms. The SMILES string of the molecule is C#CCS(=O)c1cccc(C=Cc2ccc(=O)[nH]n2)c1. The molecular formula is C15H12N2O2S. The number of nitrogens with one attached hydrogen (secondary N) is 1. The smallest absolute Gasteiger partial charge is 0.264 e. The highest BCUT2D eigenvalue weighted by Crippen LogP contribution is 2.12. The molecule has 2 rings (SSSR count). The van der Waals surface area contributed by atoms with Crippen molar-refractivity contribution in [1.82, 2.24) is 10.2 Å². The summed E-state index contributed by atoms with van der Waals surface area (Å²) in [5.74, 6) is 2.59. The van der Waals surface area contributed by atoms with E-state index in [9.17, 15) is 9.00 Å². The van der Waals surface area contributed by atoms with Gasteiger partial charge in [0.1, 0.15) is 0 Å². The van der Waals surface area contributed by atoms with Gasteiger partial charge in [0.15, 0.2) is 0 Å². The molecule has 100 valence electrons. The number of terminal acetylenes is 1. The Kier molecular flexibility index (Phi) is 4.64. The van der Waals surface area contributed by atoms with Crippen LogP contribution >= 0.6 is 0 Å². The van der Waals surface area contributed by atoms with Crippen molar-refractivity contribution in [1.29, 1.82) is 0 Å². The Morgan fingerprint density at radius 3 is 2.85 bits per heavy atom. The minimum atomic E-state index is -1.18. The quantitative estimate of drug-likeness (QED) is 0.869. The van der Waals surface area contributed by atoms with Crippen LogP contribution in [0.1, 0.15) is 11.3 Å². The van der Waals surface area contributed by atoms with Gasteiger partial charge in [-0.25, -0.2) is 5.10 Å². The molecule has 1 aromatic heterocycles. The summed E-state index contributed by atoms with van der Waals surface area (Å²) in [7, 11) is -1.18. The predicted molar refractivity (Wildman–Crippen MR) is 80.3 cm³/mol. The Balaban J connectivity index is 2.19. The van der Waals surface area contributed by atoms with Gasteiger partial charge in [-0.15, -0.1) is 6.42 Å². The zero-order valence-corrected chi connectivity index (χ0v) is 11.4. The van der Waals surface area contributed by atoms with Crippen molar-refractivity contribution in [2.24, 2.45) is 0 Å². The molecule has 4 nitrogen and oxygen atoms in total. The highest BCUT2D eigenvalue weighted by Gasteiger charge is 2.01. The summed E-state index contributed by atoms with van der Waals surface area (Å²) in [4.78, 5) is 11.6. The molecule has 0 aliphatic carbocycles. The monoisotopic (exact) mass is 284 g/mol. The van der Waals surface area contributed by atoms with Gasteiger partial charge in [0.2, 0.25) is 0 Å². The van der Waals surface area contributed by atoms with Crippen LogP contribution in [0.25, 0.3) is 12.2 Å². The van der Waals surface area contributed by atoms with Crippen LogP contribution < -0.4 is 5.56 Å². The number of hydrogen-bond donors (Lipinski definition) is 1. The predicted octanol–water partition coefficient (Wildman–Crippen LogP) is 1.68. The lowest BCUT2D eigenvalue weighted by molar-refractivity contribution is 0.685. The Hall–Kier alpha value is -2.45.